The summed E-state index contributed by atoms with van der Waals surface area (Å²) in [7, 11) is 0. The summed E-state index contributed by atoms with van der Waals surface area (Å²) in [6.45, 7) is 1.58. The molecule has 4 N–H and O–H groups in total. The topological polar surface area (TPSA) is 128 Å². The summed E-state index contributed by atoms with van der Waals surface area (Å²) in [4.78, 5) is 35.2. The second kappa shape index (κ2) is 10.1. The zero-order chi connectivity index (χ0) is 24.9. The van der Waals surface area contributed by atoms with Gasteiger partial charge in [-0.15, -0.1) is 0 Å². The van der Waals surface area contributed by atoms with Crippen molar-refractivity contribution in [3.63, 3.8) is 0 Å². The predicted octanol–water partition coefficient (Wildman–Crippen LogP) is 3.49. The van der Waals surface area contributed by atoms with Crippen LogP contribution in [0.3, 0.4) is 0 Å². The Labute approximate surface area is 191 Å². The van der Waals surface area contributed by atoms with Gasteiger partial charge in [0.2, 0.25) is 0 Å². The first-order valence-electron chi connectivity index (χ1n) is 9.96. The largest absolute Gasteiger partial charge is 0.462 e. The lowest BCUT2D eigenvalue weighted by molar-refractivity contribution is -0.143. The molecule has 0 aliphatic rings. The molecule has 0 saturated heterocycles. The molecule has 2 aromatic carbocycles. The number of amides is 3. The van der Waals surface area contributed by atoms with Gasteiger partial charge in [0.1, 0.15) is 5.56 Å². The van der Waals surface area contributed by atoms with Crippen molar-refractivity contribution in [1.82, 2.24) is 15.1 Å². The number of ether oxygens (including phenoxy) is 1. The predicted molar refractivity (Wildman–Crippen MR) is 115 cm³/mol. The van der Waals surface area contributed by atoms with Crippen molar-refractivity contribution >= 4 is 23.6 Å². The summed E-state index contributed by atoms with van der Waals surface area (Å²) in [5.41, 5.74) is 4.54. The van der Waals surface area contributed by atoms with Gasteiger partial charge >= 0.3 is 18.2 Å². The van der Waals surface area contributed by atoms with E-state index >= 15 is 0 Å². The second-order valence-corrected chi connectivity index (χ2v) is 6.95. The van der Waals surface area contributed by atoms with Crippen molar-refractivity contribution in [2.45, 2.75) is 19.6 Å². The fourth-order valence-corrected chi connectivity index (χ4v) is 3.06. The molecule has 0 spiro atoms. The van der Waals surface area contributed by atoms with Crippen LogP contribution in [0.5, 0.6) is 0 Å². The summed E-state index contributed by atoms with van der Waals surface area (Å²) in [5, 5.41) is 8.80. The molecule has 0 unspecified atom stereocenters. The Morgan fingerprint density at radius 3 is 2.26 bits per heavy atom. The maximum absolute atomic E-state index is 13.6. The molecule has 0 radical (unpaired) electrons. The van der Waals surface area contributed by atoms with Gasteiger partial charge in [0.15, 0.2) is 5.69 Å². The van der Waals surface area contributed by atoms with E-state index in [4.69, 9.17) is 5.73 Å². The molecular weight excluding hydrogens is 455 g/mol. The second-order valence-electron chi connectivity index (χ2n) is 6.95. The zero-order valence-corrected chi connectivity index (χ0v) is 17.8. The average Bonchev–Trinajstić information content (AvgIpc) is 3.24. The fraction of sp³-hybridized carbons (Fsp3) is 0.182. The smallest absolute Gasteiger partial charge is 0.434 e. The van der Waals surface area contributed by atoms with Crippen molar-refractivity contribution in [2.75, 3.05) is 11.9 Å². The number of nitrogens with zero attached hydrogens (tertiary/aromatic N) is 2. The number of primary amides is 1. The number of hydrogen-bond acceptors (Lipinski definition) is 5. The van der Waals surface area contributed by atoms with E-state index in [-0.39, 0.29) is 24.4 Å². The van der Waals surface area contributed by atoms with E-state index in [0.29, 0.717) is 10.4 Å². The third-order valence-electron chi connectivity index (χ3n) is 4.58. The molecule has 0 aliphatic heterocycles. The van der Waals surface area contributed by atoms with Crippen molar-refractivity contribution in [3.8, 4) is 5.69 Å². The summed E-state index contributed by atoms with van der Waals surface area (Å²) in [5.74, 6) is -1.58. The number of benzene rings is 2. The van der Waals surface area contributed by atoms with Gasteiger partial charge in [-0.25, -0.2) is 14.3 Å². The molecule has 3 rings (SSSR count). The number of halogens is 3. The fourth-order valence-electron chi connectivity index (χ4n) is 3.06. The maximum atomic E-state index is 13.6. The van der Waals surface area contributed by atoms with Crippen LogP contribution in [0.2, 0.25) is 0 Å². The van der Waals surface area contributed by atoms with Crippen LogP contribution in [0.15, 0.2) is 54.7 Å². The van der Waals surface area contributed by atoms with E-state index in [1.165, 1.54) is 31.2 Å². The third-order valence-corrected chi connectivity index (χ3v) is 4.58. The van der Waals surface area contributed by atoms with E-state index in [2.05, 4.69) is 20.5 Å². The highest BCUT2D eigenvalue weighted by Crippen LogP contribution is 2.34. The number of nitrogens with two attached hydrogens (primary N) is 1. The molecule has 0 atom stereocenters. The van der Waals surface area contributed by atoms with E-state index in [9.17, 15) is 27.6 Å². The van der Waals surface area contributed by atoms with Crippen molar-refractivity contribution in [1.29, 1.82) is 0 Å². The Balaban J connectivity index is 1.73. The molecule has 3 aromatic rings. The lowest BCUT2D eigenvalue weighted by Gasteiger charge is -2.13. The zero-order valence-electron chi connectivity index (χ0n) is 17.8. The van der Waals surface area contributed by atoms with E-state index in [0.717, 1.165) is 11.8 Å². The van der Waals surface area contributed by atoms with Gasteiger partial charge in [0, 0.05) is 17.8 Å². The maximum Gasteiger partial charge on any atom is 0.434 e. The highest BCUT2D eigenvalue weighted by atomic mass is 19.4. The van der Waals surface area contributed by atoms with Crippen LogP contribution >= 0.6 is 0 Å². The van der Waals surface area contributed by atoms with Crippen LogP contribution < -0.4 is 16.4 Å². The SMILES string of the molecule is CCOC(=O)c1cnn(-c2ccc(C(=O)NCc3ccc(NC(N)=O)cc3)cc2)c1C(F)(F)F. The van der Waals surface area contributed by atoms with Gasteiger partial charge < -0.3 is 21.1 Å². The van der Waals surface area contributed by atoms with Crippen molar-refractivity contribution in [2.24, 2.45) is 5.73 Å². The number of carbonyl (C=O) groups excluding carboxylic acids is 3. The number of anilines is 1. The number of urea groups is 1. The number of rotatable bonds is 7. The molecule has 0 saturated carbocycles. The van der Waals surface area contributed by atoms with Gasteiger partial charge in [-0.2, -0.15) is 18.3 Å². The minimum absolute atomic E-state index is 0.0111. The molecular formula is C22H20F3N5O4. The number of alkyl halides is 3. The minimum atomic E-state index is -4.86. The van der Waals surface area contributed by atoms with Crippen LogP contribution in [0.4, 0.5) is 23.7 Å². The van der Waals surface area contributed by atoms with Gasteiger partial charge in [-0.3, -0.25) is 4.79 Å². The van der Waals surface area contributed by atoms with Crippen LogP contribution in [-0.4, -0.2) is 34.3 Å². The summed E-state index contributed by atoms with van der Waals surface area (Å²) >= 11 is 0. The molecule has 0 fully saturated rings. The average molecular weight is 475 g/mol. The Kier molecular flexibility index (Phi) is 7.19. The van der Waals surface area contributed by atoms with E-state index in [1.807, 2.05) is 0 Å². The number of aromatic nitrogens is 2. The molecule has 12 heteroatoms. The molecule has 34 heavy (non-hydrogen) atoms. The Bertz CT molecular complexity index is 1190. The molecule has 0 aliphatic carbocycles. The Hall–Kier alpha value is -4.35. The Morgan fingerprint density at radius 2 is 1.71 bits per heavy atom. The minimum Gasteiger partial charge on any atom is -0.462 e. The van der Waals surface area contributed by atoms with Crippen LogP contribution in [0.1, 0.15) is 38.9 Å². The number of esters is 1. The molecule has 178 valence electrons. The quantitative estimate of drug-likeness (QED) is 0.451. The number of carbonyl (C=O) groups is 3. The standard InChI is InChI=1S/C22H20F3N5O4/c1-2-34-20(32)17-12-28-30(18(17)22(23,24)25)16-9-5-14(6-10-16)19(31)27-11-13-3-7-15(8-4-13)29-21(26)33/h3-10,12H,2,11H2,1H3,(H,27,31)(H3,26,29,33). The number of hydrogen-bond donors (Lipinski definition) is 3. The van der Waals surface area contributed by atoms with Gasteiger partial charge in [-0.1, -0.05) is 12.1 Å². The van der Waals surface area contributed by atoms with E-state index in [1.54, 1.807) is 24.3 Å². The molecule has 3 amide bonds. The summed E-state index contributed by atoms with van der Waals surface area (Å²) in [6, 6.07) is 11.2. The van der Waals surface area contributed by atoms with Gasteiger partial charge in [0.25, 0.3) is 5.91 Å². The number of nitrogens with one attached hydrogen (secondary N) is 2. The first-order valence-corrected chi connectivity index (χ1v) is 9.96. The lowest BCUT2D eigenvalue weighted by atomic mass is 10.1. The van der Waals surface area contributed by atoms with Crippen LogP contribution in [-0.2, 0) is 17.5 Å². The van der Waals surface area contributed by atoms with Crippen molar-refractivity contribution in [3.05, 3.63) is 77.1 Å². The lowest BCUT2D eigenvalue weighted by Crippen LogP contribution is -2.23. The van der Waals surface area contributed by atoms with Gasteiger partial charge in [-0.05, 0) is 48.9 Å². The molecule has 0 bridgehead atoms. The first-order chi connectivity index (χ1) is 16.1. The molecule has 1 heterocycles. The first kappa shape index (κ1) is 24.3. The highest BCUT2D eigenvalue weighted by Gasteiger charge is 2.41. The molecule has 9 nitrogen and oxygen atoms in total. The summed E-state index contributed by atoms with van der Waals surface area (Å²) in [6.07, 6.45) is -4.07. The summed E-state index contributed by atoms with van der Waals surface area (Å²) < 4.78 is 46.1. The van der Waals surface area contributed by atoms with Crippen LogP contribution in [0.25, 0.3) is 5.69 Å². The highest BCUT2D eigenvalue weighted by molar-refractivity contribution is 5.94. The van der Waals surface area contributed by atoms with E-state index < -0.39 is 35.3 Å². The third kappa shape index (κ3) is 5.71. The van der Waals surface area contributed by atoms with Crippen molar-refractivity contribution < 1.29 is 32.3 Å². The normalized spacial score (nSPS) is 11.1. The van der Waals surface area contributed by atoms with Gasteiger partial charge in [0.05, 0.1) is 18.5 Å². The van der Waals surface area contributed by atoms with Crippen LogP contribution in [0, 0.1) is 0 Å². The molecule has 1 aromatic heterocycles. The Morgan fingerprint density at radius 1 is 1.06 bits per heavy atom. The monoisotopic (exact) mass is 475 g/mol.